The van der Waals surface area contributed by atoms with Crippen LogP contribution in [0.15, 0.2) is 18.3 Å². The predicted octanol–water partition coefficient (Wildman–Crippen LogP) is 3.35. The van der Waals surface area contributed by atoms with E-state index in [-0.39, 0.29) is 18.4 Å². The van der Waals surface area contributed by atoms with E-state index in [9.17, 15) is 0 Å². The van der Waals surface area contributed by atoms with Gasteiger partial charge in [0.05, 0.1) is 0 Å². The molecule has 1 heterocycles. The van der Waals surface area contributed by atoms with E-state index in [1.807, 2.05) is 12.1 Å². The smallest absolute Gasteiger partial charge is 0.129 e. The van der Waals surface area contributed by atoms with E-state index < -0.39 is 0 Å². The minimum atomic E-state index is 0. The van der Waals surface area contributed by atoms with Gasteiger partial charge in [-0.3, -0.25) is 0 Å². The average molecular weight is 247 g/mol. The van der Waals surface area contributed by atoms with Gasteiger partial charge in [-0.25, -0.2) is 4.98 Å². The Kier molecular flexibility index (Phi) is 4.84. The average Bonchev–Trinajstić information content (AvgIpc) is 2.71. The molecule has 0 aliphatic heterocycles. The van der Waals surface area contributed by atoms with E-state index in [1.165, 1.54) is 25.7 Å². The second kappa shape index (κ2) is 5.69. The third-order valence-corrected chi connectivity index (χ3v) is 3.27. The van der Waals surface area contributed by atoms with Gasteiger partial charge in [0.25, 0.3) is 0 Å². The minimum absolute atomic E-state index is 0. The highest BCUT2D eigenvalue weighted by atomic mass is 35.5. The Hall–Kier alpha value is -0.310. The lowest BCUT2D eigenvalue weighted by atomic mass is 9.94. The highest BCUT2D eigenvalue weighted by molar-refractivity contribution is 6.29. The Morgan fingerprint density at radius 2 is 2.00 bits per heavy atom. The van der Waals surface area contributed by atoms with Gasteiger partial charge in [-0.1, -0.05) is 30.5 Å². The number of pyridine rings is 1. The molecule has 15 heavy (non-hydrogen) atoms. The molecule has 0 amide bonds. The molecule has 1 saturated carbocycles. The number of aromatic nitrogens is 1. The van der Waals surface area contributed by atoms with Crippen LogP contribution in [0, 0.1) is 5.92 Å². The first-order valence-corrected chi connectivity index (χ1v) is 5.52. The molecule has 0 radical (unpaired) electrons. The van der Waals surface area contributed by atoms with Crippen molar-refractivity contribution in [3.8, 4) is 0 Å². The summed E-state index contributed by atoms with van der Waals surface area (Å²) in [5, 5.41) is 0.535. The highest BCUT2D eigenvalue weighted by Gasteiger charge is 2.23. The largest absolute Gasteiger partial charge is 0.324 e. The summed E-state index contributed by atoms with van der Waals surface area (Å²) in [6.45, 7) is 0. The van der Waals surface area contributed by atoms with Crippen molar-refractivity contribution in [2.75, 3.05) is 0 Å². The Balaban J connectivity index is 0.00000112. The standard InChI is InChI=1S/C11H15ClN2.ClH/c12-10-6-5-9(7-14-10)11(13)8-3-1-2-4-8;/h5-8,11H,1-4,13H2;1H/t11-;/m1./s1. The van der Waals surface area contributed by atoms with Crippen LogP contribution < -0.4 is 5.73 Å². The molecular formula is C11H16Cl2N2. The van der Waals surface area contributed by atoms with Crippen LogP contribution in [0.1, 0.15) is 37.3 Å². The van der Waals surface area contributed by atoms with Crippen molar-refractivity contribution in [2.45, 2.75) is 31.7 Å². The molecule has 0 unspecified atom stereocenters. The van der Waals surface area contributed by atoms with Crippen LogP contribution in [0.4, 0.5) is 0 Å². The van der Waals surface area contributed by atoms with Crippen molar-refractivity contribution >= 4 is 24.0 Å². The molecular weight excluding hydrogens is 231 g/mol. The zero-order chi connectivity index (χ0) is 9.97. The maximum absolute atomic E-state index is 6.17. The van der Waals surface area contributed by atoms with E-state index in [4.69, 9.17) is 17.3 Å². The summed E-state index contributed by atoms with van der Waals surface area (Å²) in [5.74, 6) is 0.637. The normalized spacial score (nSPS) is 18.5. The summed E-state index contributed by atoms with van der Waals surface area (Å²) >= 11 is 5.72. The third kappa shape index (κ3) is 3.07. The van der Waals surface area contributed by atoms with Crippen molar-refractivity contribution in [1.82, 2.24) is 4.98 Å². The fraction of sp³-hybridized carbons (Fsp3) is 0.545. The van der Waals surface area contributed by atoms with Gasteiger partial charge >= 0.3 is 0 Å². The number of rotatable bonds is 2. The van der Waals surface area contributed by atoms with Crippen LogP contribution in [0.5, 0.6) is 0 Å². The molecule has 2 N–H and O–H groups in total. The quantitative estimate of drug-likeness (QED) is 0.814. The van der Waals surface area contributed by atoms with Crippen molar-refractivity contribution < 1.29 is 0 Å². The van der Waals surface area contributed by atoms with Gasteiger partial charge in [0, 0.05) is 12.2 Å². The first kappa shape index (κ1) is 12.8. The van der Waals surface area contributed by atoms with Gasteiger partial charge in [-0.2, -0.15) is 0 Å². The summed E-state index contributed by atoms with van der Waals surface area (Å²) in [6.07, 6.45) is 6.94. The fourth-order valence-electron chi connectivity index (χ4n) is 2.17. The first-order chi connectivity index (χ1) is 6.77. The Morgan fingerprint density at radius 1 is 1.33 bits per heavy atom. The number of hydrogen-bond acceptors (Lipinski definition) is 2. The summed E-state index contributed by atoms with van der Waals surface area (Å²) in [6, 6.07) is 3.94. The molecule has 1 aliphatic carbocycles. The molecule has 2 nitrogen and oxygen atoms in total. The summed E-state index contributed by atoms with van der Waals surface area (Å²) in [7, 11) is 0. The second-order valence-corrected chi connectivity index (χ2v) is 4.37. The van der Waals surface area contributed by atoms with Crippen LogP contribution >= 0.6 is 24.0 Å². The number of hydrogen-bond donors (Lipinski definition) is 1. The summed E-state index contributed by atoms with van der Waals surface area (Å²) < 4.78 is 0. The minimum Gasteiger partial charge on any atom is -0.324 e. The van der Waals surface area contributed by atoms with Gasteiger partial charge in [0.15, 0.2) is 0 Å². The molecule has 1 atom stereocenters. The fourth-order valence-corrected chi connectivity index (χ4v) is 2.28. The molecule has 4 heteroatoms. The molecule has 1 aliphatic rings. The topological polar surface area (TPSA) is 38.9 Å². The maximum Gasteiger partial charge on any atom is 0.129 e. The first-order valence-electron chi connectivity index (χ1n) is 5.14. The van der Waals surface area contributed by atoms with Crippen molar-refractivity contribution in [2.24, 2.45) is 11.7 Å². The monoisotopic (exact) mass is 246 g/mol. The molecule has 0 saturated heterocycles. The van der Waals surface area contributed by atoms with Crippen LogP contribution in [-0.4, -0.2) is 4.98 Å². The van der Waals surface area contributed by atoms with Gasteiger partial charge in [-0.15, -0.1) is 12.4 Å². The van der Waals surface area contributed by atoms with Crippen LogP contribution in [0.2, 0.25) is 5.15 Å². The number of nitrogens with two attached hydrogens (primary N) is 1. The van der Waals surface area contributed by atoms with Gasteiger partial charge in [0.2, 0.25) is 0 Å². The lowest BCUT2D eigenvalue weighted by molar-refractivity contribution is 0.444. The van der Waals surface area contributed by atoms with Crippen LogP contribution in [-0.2, 0) is 0 Å². The highest BCUT2D eigenvalue weighted by Crippen LogP contribution is 2.33. The van der Waals surface area contributed by atoms with Crippen molar-refractivity contribution in [3.05, 3.63) is 29.0 Å². The SMILES string of the molecule is Cl.N[C@@H](c1ccc(Cl)nc1)C1CCCC1. The summed E-state index contributed by atoms with van der Waals surface area (Å²) in [5.41, 5.74) is 7.28. The molecule has 0 spiro atoms. The van der Waals surface area contributed by atoms with Crippen molar-refractivity contribution in [3.63, 3.8) is 0 Å². The lowest BCUT2D eigenvalue weighted by Crippen LogP contribution is -2.19. The number of halogens is 2. The van der Waals surface area contributed by atoms with Crippen LogP contribution in [0.25, 0.3) is 0 Å². The van der Waals surface area contributed by atoms with Gasteiger partial charge in [-0.05, 0) is 30.4 Å². The van der Waals surface area contributed by atoms with E-state index in [0.717, 1.165) is 5.56 Å². The molecule has 84 valence electrons. The zero-order valence-electron chi connectivity index (χ0n) is 8.53. The number of nitrogens with zero attached hydrogens (tertiary/aromatic N) is 1. The molecule has 0 aromatic carbocycles. The lowest BCUT2D eigenvalue weighted by Gasteiger charge is -2.18. The van der Waals surface area contributed by atoms with Crippen molar-refractivity contribution in [1.29, 1.82) is 0 Å². The van der Waals surface area contributed by atoms with Crippen LogP contribution in [0.3, 0.4) is 0 Å². The molecule has 0 bridgehead atoms. The molecule has 1 aromatic heterocycles. The Bertz CT molecular complexity index is 294. The van der Waals surface area contributed by atoms with E-state index >= 15 is 0 Å². The van der Waals surface area contributed by atoms with E-state index in [2.05, 4.69) is 4.98 Å². The van der Waals surface area contributed by atoms with E-state index in [1.54, 1.807) is 6.20 Å². The Labute approximate surface area is 102 Å². The predicted molar refractivity (Wildman–Crippen MR) is 65.4 cm³/mol. The second-order valence-electron chi connectivity index (χ2n) is 3.98. The molecule has 1 fully saturated rings. The zero-order valence-corrected chi connectivity index (χ0v) is 10.1. The van der Waals surface area contributed by atoms with Gasteiger partial charge in [0.1, 0.15) is 5.15 Å². The molecule has 1 aromatic rings. The van der Waals surface area contributed by atoms with Gasteiger partial charge < -0.3 is 5.73 Å². The molecule has 2 rings (SSSR count). The third-order valence-electron chi connectivity index (χ3n) is 3.04. The summed E-state index contributed by atoms with van der Waals surface area (Å²) in [4.78, 5) is 4.06. The van der Waals surface area contributed by atoms with E-state index in [0.29, 0.717) is 11.1 Å². The maximum atomic E-state index is 6.17. The Morgan fingerprint density at radius 3 is 2.53 bits per heavy atom.